The topological polar surface area (TPSA) is 76.7 Å². The lowest BCUT2D eigenvalue weighted by Crippen LogP contribution is -2.17. The molecule has 0 aliphatic carbocycles. The van der Waals surface area contributed by atoms with E-state index in [9.17, 15) is 9.59 Å². The second kappa shape index (κ2) is 7.51. The van der Waals surface area contributed by atoms with Gasteiger partial charge in [0.1, 0.15) is 11.5 Å². The van der Waals surface area contributed by atoms with Crippen LogP contribution in [0.3, 0.4) is 0 Å². The number of carbonyl (C=O) groups is 2. The minimum Gasteiger partial charge on any atom is -0.495 e. The first kappa shape index (κ1) is 16.6. The van der Waals surface area contributed by atoms with Gasteiger partial charge in [0.15, 0.2) is 0 Å². The Balaban J connectivity index is 2.06. The van der Waals surface area contributed by atoms with Crippen LogP contribution in [0, 0.1) is 0 Å². The van der Waals surface area contributed by atoms with Gasteiger partial charge in [0.25, 0.3) is 0 Å². The average Bonchev–Trinajstić information content (AvgIpc) is 2.48. The smallest absolute Gasteiger partial charge is 0.417 e. The van der Waals surface area contributed by atoms with Gasteiger partial charge in [0.2, 0.25) is 5.91 Å². The monoisotopic (exact) mass is 334 g/mol. The predicted octanol–water partition coefficient (Wildman–Crippen LogP) is 3.92. The summed E-state index contributed by atoms with van der Waals surface area (Å²) >= 11 is 5.86. The molecule has 2 rings (SSSR count). The maximum absolute atomic E-state index is 12.0. The Bertz CT molecular complexity index is 734. The molecule has 2 aromatic rings. The van der Waals surface area contributed by atoms with E-state index in [1.807, 2.05) is 0 Å². The maximum Gasteiger partial charge on any atom is 0.417 e. The predicted molar refractivity (Wildman–Crippen MR) is 88.4 cm³/mol. The largest absolute Gasteiger partial charge is 0.495 e. The summed E-state index contributed by atoms with van der Waals surface area (Å²) in [4.78, 5) is 23.0. The number of hydrogen-bond donors (Lipinski definition) is 2. The summed E-state index contributed by atoms with van der Waals surface area (Å²) in [5, 5.41) is 5.66. The van der Waals surface area contributed by atoms with Gasteiger partial charge < -0.3 is 14.8 Å². The first-order valence-electron chi connectivity index (χ1n) is 6.68. The van der Waals surface area contributed by atoms with Crippen LogP contribution in [0.4, 0.5) is 16.2 Å². The van der Waals surface area contributed by atoms with Crippen LogP contribution in [0.1, 0.15) is 6.92 Å². The summed E-state index contributed by atoms with van der Waals surface area (Å²) in [5.41, 5.74) is 0.965. The summed E-state index contributed by atoms with van der Waals surface area (Å²) in [6.07, 6.45) is -0.689. The van der Waals surface area contributed by atoms with E-state index in [0.717, 1.165) is 0 Å². The lowest BCUT2D eigenvalue weighted by molar-refractivity contribution is -0.114. The van der Waals surface area contributed by atoms with Crippen molar-refractivity contribution in [2.24, 2.45) is 0 Å². The zero-order chi connectivity index (χ0) is 16.8. The molecule has 7 heteroatoms. The second-order valence-corrected chi connectivity index (χ2v) is 5.00. The second-order valence-electron chi connectivity index (χ2n) is 4.57. The molecule has 2 amide bonds. The van der Waals surface area contributed by atoms with E-state index in [2.05, 4.69) is 10.6 Å². The summed E-state index contributed by atoms with van der Waals surface area (Å²) in [7, 11) is 1.47. The standard InChI is InChI=1S/C16H15ClN2O4/c1-10(20)18-12-4-3-5-13(9-12)23-16(21)19-14-7-6-11(17)8-15(14)22-2/h3-9H,1-2H3,(H,18,20)(H,19,21). The number of hydrogen-bond acceptors (Lipinski definition) is 4. The third-order valence-corrected chi connectivity index (χ3v) is 3.00. The molecule has 0 unspecified atom stereocenters. The number of rotatable bonds is 4. The summed E-state index contributed by atoms with van der Waals surface area (Å²) in [6, 6.07) is 11.3. The SMILES string of the molecule is COc1cc(Cl)ccc1NC(=O)Oc1cccc(NC(C)=O)c1. The highest BCUT2D eigenvalue weighted by Crippen LogP contribution is 2.28. The molecular formula is C16H15ClN2O4. The van der Waals surface area contributed by atoms with Gasteiger partial charge in [-0.1, -0.05) is 17.7 Å². The minimum atomic E-state index is -0.689. The fraction of sp³-hybridized carbons (Fsp3) is 0.125. The van der Waals surface area contributed by atoms with Crippen LogP contribution >= 0.6 is 11.6 Å². The first-order valence-corrected chi connectivity index (χ1v) is 7.06. The quantitative estimate of drug-likeness (QED) is 0.888. The highest BCUT2D eigenvalue weighted by Gasteiger charge is 2.10. The Hall–Kier alpha value is -2.73. The summed E-state index contributed by atoms with van der Waals surface area (Å²) < 4.78 is 10.3. The molecule has 23 heavy (non-hydrogen) atoms. The number of nitrogens with one attached hydrogen (secondary N) is 2. The molecule has 2 aromatic carbocycles. The van der Waals surface area contributed by atoms with Gasteiger partial charge in [0.05, 0.1) is 12.8 Å². The molecule has 0 aliphatic rings. The Kier molecular flexibility index (Phi) is 5.43. The zero-order valence-corrected chi connectivity index (χ0v) is 13.3. The van der Waals surface area contributed by atoms with Crippen LogP contribution in [0.2, 0.25) is 5.02 Å². The van der Waals surface area contributed by atoms with E-state index >= 15 is 0 Å². The van der Waals surface area contributed by atoms with Gasteiger partial charge in [-0.05, 0) is 24.3 Å². The summed E-state index contributed by atoms with van der Waals surface area (Å²) in [6.45, 7) is 1.40. The Morgan fingerprint density at radius 2 is 1.87 bits per heavy atom. The van der Waals surface area contributed by atoms with Crippen molar-refractivity contribution >= 4 is 35.0 Å². The van der Waals surface area contributed by atoms with Gasteiger partial charge in [0, 0.05) is 29.8 Å². The van der Waals surface area contributed by atoms with Crippen molar-refractivity contribution < 1.29 is 19.1 Å². The molecule has 0 spiro atoms. The van der Waals surface area contributed by atoms with E-state index in [1.165, 1.54) is 14.0 Å². The minimum absolute atomic E-state index is 0.211. The van der Waals surface area contributed by atoms with E-state index in [1.54, 1.807) is 42.5 Å². The number of carbonyl (C=O) groups excluding carboxylic acids is 2. The molecule has 0 heterocycles. The van der Waals surface area contributed by atoms with E-state index in [4.69, 9.17) is 21.1 Å². The third-order valence-electron chi connectivity index (χ3n) is 2.77. The van der Waals surface area contributed by atoms with Crippen LogP contribution in [0.15, 0.2) is 42.5 Å². The highest BCUT2D eigenvalue weighted by atomic mass is 35.5. The normalized spacial score (nSPS) is 9.87. The molecule has 0 saturated carbocycles. The molecule has 6 nitrogen and oxygen atoms in total. The van der Waals surface area contributed by atoms with Crippen molar-refractivity contribution in [3.05, 3.63) is 47.5 Å². The number of halogens is 1. The molecule has 120 valence electrons. The number of methoxy groups -OCH3 is 1. The van der Waals surface area contributed by atoms with Gasteiger partial charge in [-0.3, -0.25) is 10.1 Å². The van der Waals surface area contributed by atoms with Crippen LogP contribution in [0.25, 0.3) is 0 Å². The zero-order valence-electron chi connectivity index (χ0n) is 12.6. The van der Waals surface area contributed by atoms with Crippen molar-refractivity contribution in [2.45, 2.75) is 6.92 Å². The lowest BCUT2D eigenvalue weighted by Gasteiger charge is -2.11. The molecule has 0 aliphatic heterocycles. The molecule has 0 aromatic heterocycles. The Labute approximate surface area is 138 Å². The number of anilines is 2. The van der Waals surface area contributed by atoms with Gasteiger partial charge in [-0.2, -0.15) is 0 Å². The number of amides is 2. The molecule has 2 N–H and O–H groups in total. The van der Waals surface area contributed by atoms with Crippen molar-refractivity contribution in [2.75, 3.05) is 17.7 Å². The lowest BCUT2D eigenvalue weighted by atomic mass is 10.3. The van der Waals surface area contributed by atoms with Gasteiger partial charge >= 0.3 is 6.09 Å². The van der Waals surface area contributed by atoms with Crippen LogP contribution in [-0.2, 0) is 4.79 Å². The van der Waals surface area contributed by atoms with Crippen LogP contribution in [-0.4, -0.2) is 19.1 Å². The van der Waals surface area contributed by atoms with Crippen LogP contribution in [0.5, 0.6) is 11.5 Å². The average molecular weight is 335 g/mol. The fourth-order valence-electron chi connectivity index (χ4n) is 1.85. The number of ether oxygens (including phenoxy) is 2. The third kappa shape index (κ3) is 4.89. The highest BCUT2D eigenvalue weighted by molar-refractivity contribution is 6.30. The molecule has 0 bridgehead atoms. The fourth-order valence-corrected chi connectivity index (χ4v) is 2.01. The maximum atomic E-state index is 12.0. The van der Waals surface area contributed by atoms with E-state index in [-0.39, 0.29) is 5.91 Å². The molecular weight excluding hydrogens is 320 g/mol. The molecule has 0 radical (unpaired) electrons. The van der Waals surface area contributed by atoms with Crippen molar-refractivity contribution in [1.29, 1.82) is 0 Å². The summed E-state index contributed by atoms with van der Waals surface area (Å²) in [5.74, 6) is 0.501. The van der Waals surface area contributed by atoms with Crippen molar-refractivity contribution in [3.63, 3.8) is 0 Å². The van der Waals surface area contributed by atoms with Gasteiger partial charge in [-0.25, -0.2) is 4.79 Å². The van der Waals surface area contributed by atoms with E-state index in [0.29, 0.717) is 27.9 Å². The Morgan fingerprint density at radius 3 is 2.57 bits per heavy atom. The first-order chi connectivity index (χ1) is 11.0. The number of benzene rings is 2. The van der Waals surface area contributed by atoms with Crippen molar-refractivity contribution in [1.82, 2.24) is 0 Å². The van der Waals surface area contributed by atoms with Crippen LogP contribution < -0.4 is 20.1 Å². The Morgan fingerprint density at radius 1 is 1.09 bits per heavy atom. The molecule has 0 saturated heterocycles. The molecule has 0 atom stereocenters. The van der Waals surface area contributed by atoms with Gasteiger partial charge in [-0.15, -0.1) is 0 Å². The molecule has 0 fully saturated rings. The van der Waals surface area contributed by atoms with E-state index < -0.39 is 6.09 Å². The van der Waals surface area contributed by atoms with Crippen molar-refractivity contribution in [3.8, 4) is 11.5 Å².